The van der Waals surface area contributed by atoms with Gasteiger partial charge < -0.3 is 52.3 Å². The predicted octanol–water partition coefficient (Wildman–Crippen LogP) is 4.38. The Morgan fingerprint density at radius 1 is 0.766 bits per heavy atom. The van der Waals surface area contributed by atoms with Gasteiger partial charge in [0.25, 0.3) is 0 Å². The van der Waals surface area contributed by atoms with Crippen LogP contribution >= 0.6 is 0 Å². The number of ether oxygens (including phenoxy) is 2. The number of aromatic amines is 1. The summed E-state index contributed by atoms with van der Waals surface area (Å²) in [5, 5.41) is 21.1. The summed E-state index contributed by atoms with van der Waals surface area (Å²) >= 11 is 0. The van der Waals surface area contributed by atoms with Crippen molar-refractivity contribution in [2.75, 3.05) is 13.2 Å². The van der Waals surface area contributed by atoms with Crippen LogP contribution < -0.4 is 32.7 Å². The van der Waals surface area contributed by atoms with E-state index in [-0.39, 0.29) is 63.1 Å². The first-order chi connectivity index (χ1) is 30.4. The van der Waals surface area contributed by atoms with Crippen molar-refractivity contribution in [3.63, 3.8) is 0 Å². The number of nitrogens with one attached hydrogen (secondary N) is 5. The number of rotatable bonds is 21. The van der Waals surface area contributed by atoms with E-state index in [9.17, 15) is 33.9 Å². The Labute approximate surface area is 372 Å². The van der Waals surface area contributed by atoms with Crippen molar-refractivity contribution in [3.05, 3.63) is 95.7 Å². The number of hydrogen-bond donors (Lipinski definition) is 8. The van der Waals surface area contributed by atoms with Gasteiger partial charge in [-0.25, -0.2) is 9.59 Å². The third-order valence-electron chi connectivity index (χ3n) is 10.6. The minimum atomic E-state index is -1.43. The Kier molecular flexibility index (Phi) is 16.5. The smallest absolute Gasteiger partial charge is 0.407 e. The number of nitrogens with two attached hydrogens (primary N) is 2. The first-order valence-electron chi connectivity index (χ1n) is 21.5. The summed E-state index contributed by atoms with van der Waals surface area (Å²) in [6.45, 7) is 8.87. The zero-order valence-electron chi connectivity index (χ0n) is 36.9. The number of aliphatic imine (C=N–C) groups is 1. The van der Waals surface area contributed by atoms with Crippen molar-refractivity contribution >= 4 is 52.6 Å². The van der Waals surface area contributed by atoms with E-state index in [1.807, 2.05) is 86.6 Å². The number of alkyl carbamates (subject to hydrolysis) is 1. The fourth-order valence-corrected chi connectivity index (χ4v) is 7.70. The van der Waals surface area contributed by atoms with Crippen LogP contribution in [0.15, 0.2) is 84.0 Å². The van der Waals surface area contributed by atoms with Crippen molar-refractivity contribution < 1.29 is 43.3 Å². The maximum atomic E-state index is 14.4. The molecular weight excluding hydrogens is 821 g/mol. The second-order valence-corrected chi connectivity index (χ2v) is 17.3. The van der Waals surface area contributed by atoms with E-state index in [4.69, 9.17) is 20.9 Å². The topological polar surface area (TPSA) is 269 Å². The molecule has 0 spiro atoms. The molecule has 5 rings (SSSR count). The molecule has 0 aliphatic heterocycles. The SMILES string of the molecule is CC(C)C[C@H](NC(=O)[C@H](CCC(=O)O)NC(=O)[C@H](CCCN=C(N)N)NC(=O)[C@H](Cc1c[nH]c2ccccc12)NC(=O)OCC1c2ccccc2-c2ccccc21)C(=O)OC(C)(C)C. The number of guanidine groups is 1. The van der Waals surface area contributed by atoms with E-state index in [0.29, 0.717) is 5.56 Å². The number of fused-ring (bicyclic) bond motifs is 4. The van der Waals surface area contributed by atoms with E-state index in [1.165, 1.54) is 0 Å². The van der Waals surface area contributed by atoms with Gasteiger partial charge in [-0.2, -0.15) is 0 Å². The van der Waals surface area contributed by atoms with Crippen LogP contribution in [-0.4, -0.2) is 94.7 Å². The molecule has 1 aromatic heterocycles. The van der Waals surface area contributed by atoms with Crippen LogP contribution in [0.25, 0.3) is 22.0 Å². The Balaban J connectivity index is 1.38. The Bertz CT molecular complexity index is 2290. The molecule has 0 saturated heterocycles. The summed E-state index contributed by atoms with van der Waals surface area (Å²) in [5.74, 6) is -4.76. The second-order valence-electron chi connectivity index (χ2n) is 17.3. The van der Waals surface area contributed by atoms with Gasteiger partial charge >= 0.3 is 18.0 Å². The molecule has 64 heavy (non-hydrogen) atoms. The minimum Gasteiger partial charge on any atom is -0.481 e. The largest absolute Gasteiger partial charge is 0.481 e. The lowest BCUT2D eigenvalue weighted by Crippen LogP contribution is -2.58. The highest BCUT2D eigenvalue weighted by molar-refractivity contribution is 5.95. The lowest BCUT2D eigenvalue weighted by atomic mass is 9.98. The number of carboxylic acid groups (broad SMARTS) is 1. The van der Waals surface area contributed by atoms with Gasteiger partial charge in [0, 0.05) is 42.4 Å². The van der Waals surface area contributed by atoms with Crippen LogP contribution in [0.5, 0.6) is 0 Å². The van der Waals surface area contributed by atoms with Crippen molar-refractivity contribution in [1.29, 1.82) is 0 Å². The number of aromatic nitrogens is 1. The third-order valence-corrected chi connectivity index (χ3v) is 10.6. The maximum Gasteiger partial charge on any atom is 0.407 e. The molecule has 17 heteroatoms. The number of carbonyl (C=O) groups is 6. The van der Waals surface area contributed by atoms with Crippen molar-refractivity contribution in [2.24, 2.45) is 22.4 Å². The molecule has 0 unspecified atom stereocenters. The van der Waals surface area contributed by atoms with Gasteiger partial charge in [0.1, 0.15) is 36.4 Å². The lowest BCUT2D eigenvalue weighted by Gasteiger charge is -2.28. The molecule has 342 valence electrons. The zero-order valence-corrected chi connectivity index (χ0v) is 36.9. The van der Waals surface area contributed by atoms with Gasteiger partial charge in [-0.1, -0.05) is 80.6 Å². The summed E-state index contributed by atoms with van der Waals surface area (Å²) in [5.41, 5.74) is 15.8. The van der Waals surface area contributed by atoms with Gasteiger partial charge in [0.2, 0.25) is 17.7 Å². The number of carboxylic acids is 1. The number of amides is 4. The number of para-hydroxylation sites is 1. The molecular formula is C47H60N8O9. The summed E-state index contributed by atoms with van der Waals surface area (Å²) in [4.78, 5) is 88.1. The van der Waals surface area contributed by atoms with Gasteiger partial charge in [-0.15, -0.1) is 0 Å². The average Bonchev–Trinajstić information content (AvgIpc) is 3.79. The summed E-state index contributed by atoms with van der Waals surface area (Å²) < 4.78 is 11.4. The summed E-state index contributed by atoms with van der Waals surface area (Å²) in [7, 11) is 0. The van der Waals surface area contributed by atoms with Crippen LogP contribution in [0.3, 0.4) is 0 Å². The van der Waals surface area contributed by atoms with Crippen molar-refractivity contribution in [1.82, 2.24) is 26.3 Å². The van der Waals surface area contributed by atoms with Gasteiger partial charge in [-0.05, 0) is 86.3 Å². The van der Waals surface area contributed by atoms with E-state index < -0.39 is 71.9 Å². The van der Waals surface area contributed by atoms with Gasteiger partial charge in [0.05, 0.1) is 0 Å². The molecule has 4 amide bonds. The first kappa shape index (κ1) is 48.1. The number of H-pyrrole nitrogens is 1. The van der Waals surface area contributed by atoms with E-state index in [1.54, 1.807) is 27.0 Å². The molecule has 10 N–H and O–H groups in total. The number of hydrogen-bond acceptors (Lipinski definition) is 9. The number of nitrogens with zero attached hydrogens (tertiary/aromatic N) is 1. The van der Waals surface area contributed by atoms with E-state index in [0.717, 1.165) is 33.2 Å². The van der Waals surface area contributed by atoms with Crippen molar-refractivity contribution in [2.45, 2.75) is 109 Å². The molecule has 0 fully saturated rings. The summed E-state index contributed by atoms with van der Waals surface area (Å²) in [6.07, 6.45) is 0.409. The fraction of sp³-hybridized carbons (Fsp3) is 0.426. The summed E-state index contributed by atoms with van der Waals surface area (Å²) in [6, 6.07) is 18.1. The van der Waals surface area contributed by atoms with Crippen LogP contribution in [0.4, 0.5) is 4.79 Å². The number of esters is 1. The quantitative estimate of drug-likeness (QED) is 0.0252. The molecule has 0 bridgehead atoms. The van der Waals surface area contributed by atoms with E-state index >= 15 is 0 Å². The van der Waals surface area contributed by atoms with Crippen LogP contribution in [0.2, 0.25) is 0 Å². The number of aliphatic carboxylic acids is 1. The zero-order chi connectivity index (χ0) is 46.6. The van der Waals surface area contributed by atoms with Crippen LogP contribution in [-0.2, 0) is 39.9 Å². The third kappa shape index (κ3) is 13.5. The van der Waals surface area contributed by atoms with Gasteiger partial charge in [0.15, 0.2) is 5.96 Å². The molecule has 1 aliphatic rings. The highest BCUT2D eigenvalue weighted by Gasteiger charge is 2.34. The Morgan fingerprint density at radius 2 is 1.33 bits per heavy atom. The first-order valence-corrected chi connectivity index (χ1v) is 21.5. The lowest BCUT2D eigenvalue weighted by molar-refractivity contribution is -0.159. The molecule has 3 aromatic carbocycles. The Hall–Kier alpha value is -6.91. The maximum absolute atomic E-state index is 14.4. The normalized spacial score (nSPS) is 14.0. The van der Waals surface area contributed by atoms with Gasteiger partial charge in [-0.3, -0.25) is 24.2 Å². The fourth-order valence-electron chi connectivity index (χ4n) is 7.70. The van der Waals surface area contributed by atoms with Crippen LogP contribution in [0.1, 0.15) is 89.3 Å². The molecule has 4 atom stereocenters. The highest BCUT2D eigenvalue weighted by atomic mass is 16.6. The van der Waals surface area contributed by atoms with E-state index in [2.05, 4.69) is 31.2 Å². The second kappa shape index (κ2) is 21.9. The molecule has 4 aromatic rings. The number of carbonyl (C=O) groups excluding carboxylic acids is 5. The average molecular weight is 881 g/mol. The molecule has 1 aliphatic carbocycles. The molecule has 1 heterocycles. The predicted molar refractivity (Wildman–Crippen MR) is 242 cm³/mol. The standard InChI is InChI=1S/C47H60N8O9/c1-27(2)23-39(44(61)64-47(3,4)5)54-42(59)37(20-21-40(56)57)53-41(58)36(19-12-22-50-45(48)49)52-43(60)38(24-28-25-51-35-18-11-10-13-29(28)35)55-46(62)63-26-34-32-16-8-6-14-30(32)31-15-7-9-17-33(31)34/h6-11,13-18,25,27,34,36-39,51H,12,19-24,26H2,1-5H3,(H,52,60)(H,53,58)(H,54,59)(H,55,62)(H,56,57)(H4,48,49,50)/t36-,37-,38-,39-/m0/s1. The Morgan fingerprint density at radius 3 is 1.92 bits per heavy atom. The highest BCUT2D eigenvalue weighted by Crippen LogP contribution is 2.44. The van der Waals surface area contributed by atoms with Crippen LogP contribution in [0, 0.1) is 5.92 Å². The van der Waals surface area contributed by atoms with Crippen molar-refractivity contribution in [3.8, 4) is 11.1 Å². The molecule has 17 nitrogen and oxygen atoms in total. The molecule has 0 radical (unpaired) electrons. The number of benzene rings is 3. The monoisotopic (exact) mass is 880 g/mol. The molecule has 0 saturated carbocycles. The minimum absolute atomic E-state index is 0.00602.